The molecule has 1 unspecified atom stereocenters. The Morgan fingerprint density at radius 2 is 1.72 bits per heavy atom. The fourth-order valence-electron chi connectivity index (χ4n) is 2.67. The summed E-state index contributed by atoms with van der Waals surface area (Å²) in [6.45, 7) is 5.54. The molecule has 0 bridgehead atoms. The average Bonchev–Trinajstić information content (AvgIpc) is 2.78. The average molecular weight is 461 g/mol. The van der Waals surface area contributed by atoms with Gasteiger partial charge in [-0.05, 0) is 63.2 Å². The van der Waals surface area contributed by atoms with Crippen LogP contribution in [-0.2, 0) is 15.3 Å². The van der Waals surface area contributed by atoms with Gasteiger partial charge in [0.25, 0.3) is 5.91 Å². The SMILES string of the molecule is CCOc1ccc(OC(C)C(=O)NNC(=O)CSCc2cc(C(C)=O)ccc2OC)cc1. The molecule has 32 heavy (non-hydrogen) atoms. The normalized spacial score (nSPS) is 11.2. The molecule has 0 fully saturated rings. The molecule has 2 aromatic carbocycles. The number of hydrazine groups is 1. The van der Waals surface area contributed by atoms with E-state index in [4.69, 9.17) is 14.2 Å². The molecular formula is C23H28N2O6S. The van der Waals surface area contributed by atoms with Crippen LogP contribution >= 0.6 is 11.8 Å². The van der Waals surface area contributed by atoms with Crippen LogP contribution in [0.4, 0.5) is 0 Å². The summed E-state index contributed by atoms with van der Waals surface area (Å²) in [7, 11) is 1.55. The maximum absolute atomic E-state index is 12.2. The van der Waals surface area contributed by atoms with Gasteiger partial charge in [0.05, 0.1) is 19.5 Å². The molecule has 2 rings (SSSR count). The quantitative estimate of drug-likeness (QED) is 0.392. The Morgan fingerprint density at radius 1 is 1.03 bits per heavy atom. The van der Waals surface area contributed by atoms with E-state index in [9.17, 15) is 14.4 Å². The first-order chi connectivity index (χ1) is 15.3. The van der Waals surface area contributed by atoms with Crippen LogP contribution in [-0.4, -0.2) is 43.2 Å². The molecule has 0 saturated heterocycles. The number of methoxy groups -OCH3 is 1. The minimum atomic E-state index is -0.806. The number of benzene rings is 2. The Kier molecular flexibility index (Phi) is 9.87. The second-order valence-corrected chi connectivity index (χ2v) is 7.76. The number of carbonyl (C=O) groups excluding carboxylic acids is 3. The minimum absolute atomic E-state index is 0.0408. The van der Waals surface area contributed by atoms with Gasteiger partial charge in [-0.25, -0.2) is 0 Å². The van der Waals surface area contributed by atoms with Crippen LogP contribution in [0.25, 0.3) is 0 Å². The van der Waals surface area contributed by atoms with Gasteiger partial charge in [-0.2, -0.15) is 0 Å². The highest BCUT2D eigenvalue weighted by atomic mass is 32.2. The van der Waals surface area contributed by atoms with Crippen molar-refractivity contribution in [1.29, 1.82) is 0 Å². The molecule has 0 spiro atoms. The molecule has 1 atom stereocenters. The van der Waals surface area contributed by atoms with Crippen LogP contribution in [0.5, 0.6) is 17.2 Å². The van der Waals surface area contributed by atoms with Crippen molar-refractivity contribution in [3.05, 3.63) is 53.6 Å². The van der Waals surface area contributed by atoms with E-state index in [-0.39, 0.29) is 17.4 Å². The van der Waals surface area contributed by atoms with Crippen molar-refractivity contribution in [2.24, 2.45) is 0 Å². The van der Waals surface area contributed by atoms with Gasteiger partial charge in [-0.3, -0.25) is 25.2 Å². The first-order valence-corrected chi connectivity index (χ1v) is 11.2. The van der Waals surface area contributed by atoms with Gasteiger partial charge in [0.1, 0.15) is 17.2 Å². The van der Waals surface area contributed by atoms with Crippen molar-refractivity contribution < 1.29 is 28.6 Å². The van der Waals surface area contributed by atoms with E-state index in [0.717, 1.165) is 5.56 Å². The highest BCUT2D eigenvalue weighted by Gasteiger charge is 2.16. The molecule has 0 aliphatic rings. The summed E-state index contributed by atoms with van der Waals surface area (Å²) in [5.41, 5.74) is 6.14. The number of nitrogens with one attached hydrogen (secondary N) is 2. The molecular weight excluding hydrogens is 432 g/mol. The largest absolute Gasteiger partial charge is 0.496 e. The fraction of sp³-hybridized carbons (Fsp3) is 0.348. The number of amides is 2. The highest BCUT2D eigenvalue weighted by molar-refractivity contribution is 7.99. The lowest BCUT2D eigenvalue weighted by Gasteiger charge is -2.15. The number of ether oxygens (including phenoxy) is 3. The van der Waals surface area contributed by atoms with E-state index in [1.807, 2.05) is 6.92 Å². The van der Waals surface area contributed by atoms with Crippen LogP contribution in [0.15, 0.2) is 42.5 Å². The third kappa shape index (κ3) is 7.81. The first kappa shape index (κ1) is 25.1. The third-order valence-corrected chi connectivity index (χ3v) is 5.30. The molecule has 0 aliphatic heterocycles. The van der Waals surface area contributed by atoms with Gasteiger partial charge < -0.3 is 14.2 Å². The third-order valence-electron chi connectivity index (χ3n) is 4.32. The van der Waals surface area contributed by atoms with Gasteiger partial charge in [-0.1, -0.05) is 0 Å². The zero-order chi connectivity index (χ0) is 23.5. The van der Waals surface area contributed by atoms with E-state index in [0.29, 0.717) is 35.2 Å². The molecule has 0 radical (unpaired) electrons. The number of ketones is 1. The van der Waals surface area contributed by atoms with Crippen LogP contribution in [0.3, 0.4) is 0 Å². The molecule has 2 N–H and O–H groups in total. The van der Waals surface area contributed by atoms with Crippen LogP contribution < -0.4 is 25.1 Å². The number of carbonyl (C=O) groups is 3. The number of hydrogen-bond acceptors (Lipinski definition) is 7. The lowest BCUT2D eigenvalue weighted by molar-refractivity contribution is -0.131. The summed E-state index contributed by atoms with van der Waals surface area (Å²) >= 11 is 1.33. The van der Waals surface area contributed by atoms with E-state index < -0.39 is 12.0 Å². The van der Waals surface area contributed by atoms with Crippen LogP contribution in [0, 0.1) is 0 Å². The van der Waals surface area contributed by atoms with Gasteiger partial charge in [0.15, 0.2) is 11.9 Å². The Morgan fingerprint density at radius 3 is 2.34 bits per heavy atom. The van der Waals surface area contributed by atoms with Gasteiger partial charge >= 0.3 is 0 Å². The molecule has 172 valence electrons. The number of hydrogen-bond donors (Lipinski definition) is 2. The Bertz CT molecular complexity index is 933. The number of Topliss-reactive ketones (excluding diaryl/α,β-unsaturated/α-hetero) is 1. The van der Waals surface area contributed by atoms with Crippen molar-refractivity contribution in [2.45, 2.75) is 32.6 Å². The Balaban J connectivity index is 1.76. The summed E-state index contributed by atoms with van der Waals surface area (Å²) in [6, 6.07) is 12.1. The second-order valence-electron chi connectivity index (χ2n) is 6.78. The minimum Gasteiger partial charge on any atom is -0.496 e. The van der Waals surface area contributed by atoms with Crippen molar-refractivity contribution >= 4 is 29.4 Å². The smallest absolute Gasteiger partial charge is 0.279 e. The van der Waals surface area contributed by atoms with E-state index >= 15 is 0 Å². The standard InChI is InChI=1S/C23H28N2O6S/c1-5-30-19-7-9-20(10-8-19)31-16(3)23(28)25-24-22(27)14-32-13-18-12-17(15(2)26)6-11-21(18)29-4/h6-12,16H,5,13-14H2,1-4H3,(H,24,27)(H,25,28). The zero-order valence-electron chi connectivity index (χ0n) is 18.6. The summed E-state index contributed by atoms with van der Waals surface area (Å²) in [5, 5.41) is 0. The van der Waals surface area contributed by atoms with Crippen molar-refractivity contribution in [3.8, 4) is 17.2 Å². The number of thioether (sulfide) groups is 1. The van der Waals surface area contributed by atoms with Crippen LogP contribution in [0.1, 0.15) is 36.7 Å². The maximum atomic E-state index is 12.2. The van der Waals surface area contributed by atoms with Gasteiger partial charge in [0.2, 0.25) is 5.91 Å². The molecule has 8 nitrogen and oxygen atoms in total. The molecule has 0 aliphatic carbocycles. The monoisotopic (exact) mass is 460 g/mol. The summed E-state index contributed by atoms with van der Waals surface area (Å²) < 4.78 is 16.2. The first-order valence-electron chi connectivity index (χ1n) is 10.1. The van der Waals surface area contributed by atoms with E-state index in [2.05, 4.69) is 10.9 Å². The zero-order valence-corrected chi connectivity index (χ0v) is 19.4. The Hall–Kier alpha value is -3.20. The molecule has 2 aromatic rings. The summed E-state index contributed by atoms with van der Waals surface area (Å²) in [4.78, 5) is 35.8. The molecule has 0 saturated carbocycles. The van der Waals surface area contributed by atoms with E-state index in [1.165, 1.54) is 18.7 Å². The molecule has 2 amide bonds. The predicted molar refractivity (Wildman–Crippen MR) is 123 cm³/mol. The van der Waals surface area contributed by atoms with Crippen LogP contribution in [0.2, 0.25) is 0 Å². The predicted octanol–water partition coefficient (Wildman–Crippen LogP) is 3.14. The topological polar surface area (TPSA) is 103 Å². The Labute approximate surface area is 192 Å². The van der Waals surface area contributed by atoms with Crippen molar-refractivity contribution in [1.82, 2.24) is 10.9 Å². The maximum Gasteiger partial charge on any atom is 0.279 e. The molecule has 0 aromatic heterocycles. The fourth-order valence-corrected chi connectivity index (χ4v) is 3.48. The van der Waals surface area contributed by atoms with Gasteiger partial charge in [0, 0.05) is 16.9 Å². The molecule has 0 heterocycles. The second kappa shape index (κ2) is 12.6. The number of rotatable bonds is 11. The molecule has 9 heteroatoms. The van der Waals surface area contributed by atoms with Gasteiger partial charge in [-0.15, -0.1) is 11.8 Å². The summed E-state index contributed by atoms with van der Waals surface area (Å²) in [5.74, 6) is 1.58. The highest BCUT2D eigenvalue weighted by Crippen LogP contribution is 2.25. The van der Waals surface area contributed by atoms with Crippen molar-refractivity contribution in [2.75, 3.05) is 19.5 Å². The lowest BCUT2D eigenvalue weighted by Crippen LogP contribution is -2.47. The van der Waals surface area contributed by atoms with E-state index in [1.54, 1.807) is 56.5 Å². The lowest BCUT2D eigenvalue weighted by atomic mass is 10.1. The summed E-state index contributed by atoms with van der Waals surface area (Å²) in [6.07, 6.45) is -0.806. The van der Waals surface area contributed by atoms with Crippen molar-refractivity contribution in [3.63, 3.8) is 0 Å².